The molecule has 0 aliphatic carbocycles. The summed E-state index contributed by atoms with van der Waals surface area (Å²) in [5, 5.41) is 15.6. The number of fused-ring (bicyclic) bond motifs is 2. The monoisotopic (exact) mass is 605 g/mol. The average Bonchev–Trinajstić information content (AvgIpc) is 2.92. The van der Waals surface area contributed by atoms with E-state index in [0.29, 0.717) is 17.0 Å². The Kier molecular flexibility index (Phi) is 7.73. The van der Waals surface area contributed by atoms with E-state index in [2.05, 4.69) is 15.9 Å². The van der Waals surface area contributed by atoms with Gasteiger partial charge in [0.05, 0.1) is 25.5 Å². The predicted molar refractivity (Wildman–Crippen MR) is 158 cm³/mol. The van der Waals surface area contributed by atoms with Gasteiger partial charge < -0.3 is 9.84 Å². The Bertz CT molecular complexity index is 1740. The SMILES string of the molecule is COc1nc2ccc(Br)cc2cc1[C@@H](c1ccccc1)C(O)(CCOS(C)(=O)=O)c1cccc2ccccc12. The molecule has 8 heteroatoms. The van der Waals surface area contributed by atoms with Gasteiger partial charge >= 0.3 is 0 Å². The van der Waals surface area contributed by atoms with Crippen LogP contribution in [0.4, 0.5) is 0 Å². The van der Waals surface area contributed by atoms with E-state index in [0.717, 1.165) is 38.0 Å². The molecule has 6 nitrogen and oxygen atoms in total. The molecule has 0 saturated heterocycles. The summed E-state index contributed by atoms with van der Waals surface area (Å²) in [7, 11) is -2.17. The van der Waals surface area contributed by atoms with Gasteiger partial charge in [-0.05, 0) is 46.2 Å². The van der Waals surface area contributed by atoms with Crippen LogP contribution >= 0.6 is 15.9 Å². The second-order valence-corrected chi connectivity index (χ2v) is 12.1. The molecule has 1 aromatic heterocycles. The average molecular weight is 607 g/mol. The smallest absolute Gasteiger partial charge is 0.264 e. The van der Waals surface area contributed by atoms with E-state index < -0.39 is 21.6 Å². The molecule has 4 aromatic carbocycles. The summed E-state index contributed by atoms with van der Waals surface area (Å²) in [4.78, 5) is 4.79. The van der Waals surface area contributed by atoms with Gasteiger partial charge in [0.15, 0.2) is 0 Å². The van der Waals surface area contributed by atoms with E-state index in [1.165, 1.54) is 0 Å². The number of hydrogen-bond donors (Lipinski definition) is 1. The number of aliphatic hydroxyl groups is 1. The standard InChI is InChI=1S/C31H28BrNO5S/c1-37-30-26(20-23-19-24(32)15-16-28(23)33-30)29(22-10-4-3-5-11-22)31(34,17-18-38-39(2,35)36)27-14-8-12-21-9-6-7-13-25(21)27/h3-16,19-20,29,34H,17-18H2,1-2H3/t29-,31?/m1/s1. The maximum atomic E-state index is 12.9. The molecule has 200 valence electrons. The highest BCUT2D eigenvalue weighted by Gasteiger charge is 2.43. The molecule has 39 heavy (non-hydrogen) atoms. The molecule has 0 fully saturated rings. The lowest BCUT2D eigenvalue weighted by molar-refractivity contribution is 0.000218. The molecule has 0 aliphatic rings. The van der Waals surface area contributed by atoms with Crippen molar-refractivity contribution in [2.24, 2.45) is 0 Å². The fourth-order valence-electron chi connectivity index (χ4n) is 5.26. The Morgan fingerprint density at radius 3 is 2.38 bits per heavy atom. The number of hydrogen-bond acceptors (Lipinski definition) is 6. The van der Waals surface area contributed by atoms with Crippen LogP contribution in [0.25, 0.3) is 21.7 Å². The van der Waals surface area contributed by atoms with Crippen LogP contribution in [-0.4, -0.2) is 38.5 Å². The third-order valence-electron chi connectivity index (χ3n) is 6.92. The number of ether oxygens (including phenoxy) is 1. The topological polar surface area (TPSA) is 85.7 Å². The molecule has 1 heterocycles. The first-order valence-electron chi connectivity index (χ1n) is 12.4. The predicted octanol–water partition coefficient (Wildman–Crippen LogP) is 6.55. The fraction of sp³-hybridized carbons (Fsp3) is 0.194. The van der Waals surface area contributed by atoms with Crippen LogP contribution in [0.5, 0.6) is 5.88 Å². The maximum absolute atomic E-state index is 12.9. The summed E-state index contributed by atoms with van der Waals surface area (Å²) >= 11 is 3.55. The van der Waals surface area contributed by atoms with Crippen molar-refractivity contribution in [3.8, 4) is 5.88 Å². The van der Waals surface area contributed by atoms with E-state index in [4.69, 9.17) is 13.9 Å². The molecule has 0 saturated carbocycles. The second kappa shape index (κ2) is 11.1. The quantitative estimate of drug-likeness (QED) is 0.192. The fourth-order valence-corrected chi connectivity index (χ4v) is 6.03. The van der Waals surface area contributed by atoms with Gasteiger partial charge in [0.1, 0.15) is 5.60 Å². The number of aromatic nitrogens is 1. The van der Waals surface area contributed by atoms with Gasteiger partial charge in [-0.1, -0.05) is 88.7 Å². The van der Waals surface area contributed by atoms with Crippen LogP contribution in [0, 0.1) is 0 Å². The van der Waals surface area contributed by atoms with Crippen molar-refractivity contribution in [2.75, 3.05) is 20.0 Å². The molecule has 5 rings (SSSR count). The largest absolute Gasteiger partial charge is 0.481 e. The third-order valence-corrected chi connectivity index (χ3v) is 8.01. The van der Waals surface area contributed by atoms with Gasteiger partial charge in [0.25, 0.3) is 10.1 Å². The van der Waals surface area contributed by atoms with Crippen LogP contribution < -0.4 is 4.74 Å². The van der Waals surface area contributed by atoms with Crippen LogP contribution in [0.3, 0.4) is 0 Å². The first-order chi connectivity index (χ1) is 18.7. The first-order valence-corrected chi connectivity index (χ1v) is 15.0. The van der Waals surface area contributed by atoms with Crippen LogP contribution in [-0.2, 0) is 19.9 Å². The van der Waals surface area contributed by atoms with Crippen LogP contribution in [0.1, 0.15) is 29.0 Å². The minimum Gasteiger partial charge on any atom is -0.481 e. The van der Waals surface area contributed by atoms with Gasteiger partial charge in [-0.3, -0.25) is 4.18 Å². The van der Waals surface area contributed by atoms with Gasteiger partial charge in [-0.25, -0.2) is 4.98 Å². The summed E-state index contributed by atoms with van der Waals surface area (Å²) < 4.78 is 35.7. The van der Waals surface area contributed by atoms with Gasteiger partial charge in [-0.15, -0.1) is 0 Å². The first kappa shape index (κ1) is 27.3. The molecule has 0 bridgehead atoms. The molecule has 0 aliphatic heterocycles. The van der Waals surface area contributed by atoms with Crippen molar-refractivity contribution in [1.82, 2.24) is 4.98 Å². The van der Waals surface area contributed by atoms with E-state index in [1.54, 1.807) is 7.11 Å². The highest BCUT2D eigenvalue weighted by atomic mass is 79.9. The van der Waals surface area contributed by atoms with Crippen LogP contribution in [0.2, 0.25) is 0 Å². The second-order valence-electron chi connectivity index (χ2n) is 9.49. The van der Waals surface area contributed by atoms with Gasteiger partial charge in [0, 0.05) is 27.8 Å². The number of nitrogens with zero attached hydrogens (tertiary/aromatic N) is 1. The van der Waals surface area contributed by atoms with Crippen LogP contribution in [0.15, 0.2) is 102 Å². The molecular formula is C31H28BrNO5S. The minimum absolute atomic E-state index is 0.00663. The molecule has 1 unspecified atom stereocenters. The minimum atomic E-state index is -3.73. The summed E-state index contributed by atoms with van der Waals surface area (Å²) in [5.74, 6) is -0.306. The lowest BCUT2D eigenvalue weighted by atomic mass is 9.71. The highest BCUT2D eigenvalue weighted by molar-refractivity contribution is 9.10. The molecule has 0 radical (unpaired) electrons. The van der Waals surface area contributed by atoms with Crippen molar-refractivity contribution in [3.63, 3.8) is 0 Å². The normalized spacial score (nSPS) is 14.3. The van der Waals surface area contributed by atoms with Gasteiger partial charge in [0.2, 0.25) is 5.88 Å². The molecule has 0 amide bonds. The molecule has 5 aromatic rings. The lowest BCUT2D eigenvalue weighted by Crippen LogP contribution is -2.36. The Balaban J connectivity index is 1.82. The third kappa shape index (κ3) is 5.70. The van der Waals surface area contributed by atoms with E-state index >= 15 is 0 Å². The number of halogens is 1. The van der Waals surface area contributed by atoms with Crippen molar-refractivity contribution in [1.29, 1.82) is 0 Å². The Morgan fingerprint density at radius 1 is 0.923 bits per heavy atom. The zero-order chi connectivity index (χ0) is 27.6. The summed E-state index contributed by atoms with van der Waals surface area (Å²) in [6.07, 6.45) is 1.00. The molecule has 1 N–H and O–H groups in total. The zero-order valence-corrected chi connectivity index (χ0v) is 23.9. The summed E-state index contributed by atoms with van der Waals surface area (Å²) in [6, 6.07) is 31.0. The molecular weight excluding hydrogens is 578 g/mol. The lowest BCUT2D eigenvalue weighted by Gasteiger charge is -2.38. The Hall–Kier alpha value is -3.30. The van der Waals surface area contributed by atoms with Crippen molar-refractivity contribution >= 4 is 47.7 Å². The van der Waals surface area contributed by atoms with Gasteiger partial charge in [-0.2, -0.15) is 8.42 Å². The number of rotatable bonds is 9. The highest BCUT2D eigenvalue weighted by Crippen LogP contribution is 2.49. The summed E-state index contributed by atoms with van der Waals surface area (Å²) in [6.45, 7) is -0.212. The molecule has 2 atom stereocenters. The van der Waals surface area contributed by atoms with Crippen molar-refractivity contribution < 1.29 is 22.4 Å². The van der Waals surface area contributed by atoms with E-state index in [-0.39, 0.29) is 13.0 Å². The van der Waals surface area contributed by atoms with E-state index in [1.807, 2.05) is 97.1 Å². The maximum Gasteiger partial charge on any atom is 0.264 e. The summed E-state index contributed by atoms with van der Waals surface area (Å²) in [5.41, 5.74) is 1.29. The van der Waals surface area contributed by atoms with E-state index in [9.17, 15) is 13.5 Å². The Labute approximate surface area is 236 Å². The molecule has 0 spiro atoms. The number of methoxy groups -OCH3 is 1. The number of pyridine rings is 1. The Morgan fingerprint density at radius 2 is 1.64 bits per heavy atom. The zero-order valence-electron chi connectivity index (χ0n) is 21.5. The van der Waals surface area contributed by atoms with Crippen molar-refractivity contribution in [2.45, 2.75) is 17.9 Å². The number of benzene rings is 4. The van der Waals surface area contributed by atoms with Crippen molar-refractivity contribution in [3.05, 3.63) is 118 Å².